The molecule has 0 aromatic heterocycles. The maximum Gasteiger partial charge on any atom is 0.0385 e. The summed E-state index contributed by atoms with van der Waals surface area (Å²) >= 11 is 0. The number of allylic oxidation sites excluding steroid dienone is 4. The quantitative estimate of drug-likeness (QED) is 0.279. The van der Waals surface area contributed by atoms with Gasteiger partial charge in [0.05, 0.1) is 0 Å². The van der Waals surface area contributed by atoms with Crippen LogP contribution in [0.3, 0.4) is 0 Å². The Labute approximate surface area is 139 Å². The fourth-order valence-electron chi connectivity index (χ4n) is 2.97. The van der Waals surface area contributed by atoms with Crippen LogP contribution in [0.25, 0.3) is 0 Å². The molecule has 2 unspecified atom stereocenters. The second-order valence-electron chi connectivity index (χ2n) is 7.12. The molecule has 2 atom stereocenters. The minimum Gasteiger partial charge on any atom is -0.297 e. The smallest absolute Gasteiger partial charge is 0.0385 e. The Bertz CT molecular complexity index is 353. The molecule has 0 aliphatic heterocycles. The molecular formula is C21H37N. The van der Waals surface area contributed by atoms with Crippen LogP contribution in [0, 0.1) is 11.3 Å². The lowest BCUT2D eigenvalue weighted by atomic mass is 9.76. The Morgan fingerprint density at radius 1 is 0.909 bits per heavy atom. The van der Waals surface area contributed by atoms with Gasteiger partial charge in [-0.15, -0.1) is 0 Å². The number of nitrogens with zero attached hydrogens (tertiary/aromatic N) is 1. The van der Waals surface area contributed by atoms with Gasteiger partial charge in [-0.05, 0) is 12.3 Å². The molecule has 1 aliphatic rings. The van der Waals surface area contributed by atoms with Crippen molar-refractivity contribution in [2.75, 3.05) is 6.54 Å². The zero-order valence-electron chi connectivity index (χ0n) is 15.2. The van der Waals surface area contributed by atoms with E-state index in [1.54, 1.807) is 0 Å². The number of hydrogen-bond acceptors (Lipinski definition) is 1. The molecule has 1 rings (SSSR count). The summed E-state index contributed by atoms with van der Waals surface area (Å²) in [6, 6.07) is 0. The average molecular weight is 304 g/mol. The highest BCUT2D eigenvalue weighted by atomic mass is 14.7. The molecule has 0 heterocycles. The normalized spacial score (nSPS) is 24.4. The standard InChI is InChI=1S/C21H37N/c1-4-5-6-7-8-9-10-11-12-15-18-22-19-21(3)17-14-13-16-20(21)2/h13-14,16-17,19-20H,4-12,15,18H2,1-3H3. The van der Waals surface area contributed by atoms with Crippen molar-refractivity contribution in [2.24, 2.45) is 16.3 Å². The Kier molecular flexibility index (Phi) is 10.2. The van der Waals surface area contributed by atoms with Crippen molar-refractivity contribution in [3.05, 3.63) is 24.3 Å². The summed E-state index contributed by atoms with van der Waals surface area (Å²) in [5, 5.41) is 0. The van der Waals surface area contributed by atoms with Crippen LogP contribution in [0.1, 0.15) is 85.0 Å². The van der Waals surface area contributed by atoms with Crippen molar-refractivity contribution in [3.8, 4) is 0 Å². The van der Waals surface area contributed by atoms with Gasteiger partial charge < -0.3 is 0 Å². The van der Waals surface area contributed by atoms with Crippen LogP contribution in [0.2, 0.25) is 0 Å². The van der Waals surface area contributed by atoms with E-state index in [1.165, 1.54) is 64.2 Å². The molecule has 0 aromatic carbocycles. The molecule has 0 fully saturated rings. The summed E-state index contributed by atoms with van der Waals surface area (Å²) in [6.45, 7) is 7.83. The molecule has 1 nitrogen and oxygen atoms in total. The molecule has 22 heavy (non-hydrogen) atoms. The Morgan fingerprint density at radius 3 is 2.09 bits per heavy atom. The van der Waals surface area contributed by atoms with Crippen LogP contribution in [0.5, 0.6) is 0 Å². The molecule has 0 radical (unpaired) electrons. The third-order valence-electron chi connectivity index (χ3n) is 4.96. The monoisotopic (exact) mass is 303 g/mol. The first-order valence-corrected chi connectivity index (χ1v) is 9.56. The van der Waals surface area contributed by atoms with E-state index in [0.29, 0.717) is 5.92 Å². The van der Waals surface area contributed by atoms with E-state index in [-0.39, 0.29) is 5.41 Å². The lowest BCUT2D eigenvalue weighted by Crippen LogP contribution is -2.24. The maximum absolute atomic E-state index is 4.67. The van der Waals surface area contributed by atoms with E-state index in [1.807, 2.05) is 0 Å². The second-order valence-corrected chi connectivity index (χ2v) is 7.12. The van der Waals surface area contributed by atoms with Gasteiger partial charge in [-0.1, -0.05) is 103 Å². The van der Waals surface area contributed by atoms with E-state index >= 15 is 0 Å². The summed E-state index contributed by atoms with van der Waals surface area (Å²) in [7, 11) is 0. The zero-order chi connectivity index (χ0) is 16.1. The van der Waals surface area contributed by atoms with Gasteiger partial charge >= 0.3 is 0 Å². The van der Waals surface area contributed by atoms with E-state index in [2.05, 4.69) is 56.3 Å². The van der Waals surface area contributed by atoms with Crippen molar-refractivity contribution in [1.82, 2.24) is 0 Å². The van der Waals surface area contributed by atoms with E-state index in [0.717, 1.165) is 6.54 Å². The number of hydrogen-bond donors (Lipinski definition) is 0. The summed E-state index contributed by atoms with van der Waals surface area (Å²) < 4.78 is 0. The third-order valence-corrected chi connectivity index (χ3v) is 4.96. The first-order chi connectivity index (χ1) is 10.7. The second kappa shape index (κ2) is 11.7. The van der Waals surface area contributed by atoms with E-state index in [9.17, 15) is 0 Å². The summed E-state index contributed by atoms with van der Waals surface area (Å²) in [5.74, 6) is 0.550. The van der Waals surface area contributed by atoms with Gasteiger partial charge in [0.15, 0.2) is 0 Å². The maximum atomic E-state index is 4.67. The van der Waals surface area contributed by atoms with E-state index in [4.69, 9.17) is 0 Å². The van der Waals surface area contributed by atoms with Crippen LogP contribution in [0.4, 0.5) is 0 Å². The summed E-state index contributed by atoms with van der Waals surface area (Å²) in [6.07, 6.45) is 24.9. The lowest BCUT2D eigenvalue weighted by Gasteiger charge is -2.28. The predicted molar refractivity (Wildman–Crippen MR) is 101 cm³/mol. The van der Waals surface area contributed by atoms with Crippen LogP contribution >= 0.6 is 0 Å². The van der Waals surface area contributed by atoms with Crippen LogP contribution in [0.15, 0.2) is 29.3 Å². The van der Waals surface area contributed by atoms with Gasteiger partial charge in [0, 0.05) is 18.2 Å². The molecule has 0 spiro atoms. The Morgan fingerprint density at radius 2 is 1.50 bits per heavy atom. The third kappa shape index (κ3) is 7.96. The van der Waals surface area contributed by atoms with Crippen molar-refractivity contribution in [2.45, 2.75) is 85.0 Å². The Balaban J connectivity index is 1.96. The topological polar surface area (TPSA) is 12.4 Å². The van der Waals surface area contributed by atoms with Gasteiger partial charge in [0.25, 0.3) is 0 Å². The first kappa shape index (κ1) is 19.2. The Hall–Kier alpha value is -0.850. The van der Waals surface area contributed by atoms with Crippen LogP contribution < -0.4 is 0 Å². The molecule has 126 valence electrons. The van der Waals surface area contributed by atoms with Gasteiger partial charge in [-0.25, -0.2) is 0 Å². The first-order valence-electron chi connectivity index (χ1n) is 9.56. The van der Waals surface area contributed by atoms with Crippen molar-refractivity contribution < 1.29 is 0 Å². The molecule has 0 saturated carbocycles. The van der Waals surface area contributed by atoms with Gasteiger partial charge in [0.2, 0.25) is 0 Å². The molecule has 0 saturated heterocycles. The zero-order valence-corrected chi connectivity index (χ0v) is 15.2. The number of aliphatic imine (C=N–C) groups is 1. The van der Waals surface area contributed by atoms with Crippen LogP contribution in [-0.4, -0.2) is 12.8 Å². The highest BCUT2D eigenvalue weighted by Crippen LogP contribution is 2.30. The van der Waals surface area contributed by atoms with Crippen molar-refractivity contribution >= 4 is 6.21 Å². The molecule has 1 aliphatic carbocycles. The molecular weight excluding hydrogens is 266 g/mol. The summed E-state index contributed by atoms with van der Waals surface area (Å²) in [5.41, 5.74) is 0.118. The SMILES string of the molecule is CCCCCCCCCCCCN=CC1(C)C=CC=CC1C. The van der Waals surface area contributed by atoms with Gasteiger partial charge in [-0.3, -0.25) is 4.99 Å². The average Bonchev–Trinajstić information content (AvgIpc) is 2.51. The molecule has 1 heteroatoms. The minimum atomic E-state index is 0.118. The highest BCUT2D eigenvalue weighted by molar-refractivity contribution is 5.69. The molecule has 0 bridgehead atoms. The minimum absolute atomic E-state index is 0.118. The molecule has 0 aromatic rings. The van der Waals surface area contributed by atoms with E-state index < -0.39 is 0 Å². The van der Waals surface area contributed by atoms with Gasteiger partial charge in [-0.2, -0.15) is 0 Å². The summed E-state index contributed by atoms with van der Waals surface area (Å²) in [4.78, 5) is 4.67. The molecule has 0 N–H and O–H groups in total. The van der Waals surface area contributed by atoms with Crippen molar-refractivity contribution in [3.63, 3.8) is 0 Å². The lowest BCUT2D eigenvalue weighted by molar-refractivity contribution is 0.461. The number of unbranched alkanes of at least 4 members (excludes halogenated alkanes) is 9. The predicted octanol–water partition coefficient (Wildman–Crippen LogP) is 6.75. The van der Waals surface area contributed by atoms with Gasteiger partial charge in [0.1, 0.15) is 0 Å². The highest BCUT2D eigenvalue weighted by Gasteiger charge is 2.25. The fourth-order valence-corrected chi connectivity index (χ4v) is 2.97. The van der Waals surface area contributed by atoms with Crippen molar-refractivity contribution in [1.29, 1.82) is 0 Å². The largest absolute Gasteiger partial charge is 0.297 e. The fraction of sp³-hybridized carbons (Fsp3) is 0.762. The van der Waals surface area contributed by atoms with Crippen LogP contribution in [-0.2, 0) is 0 Å². The number of rotatable bonds is 12. The molecule has 0 amide bonds.